The molecule has 5 heteroatoms. The van der Waals surface area contributed by atoms with Gasteiger partial charge in [0.15, 0.2) is 0 Å². The minimum Gasteiger partial charge on any atom is -0.487 e. The number of benzene rings is 2. The molecule has 0 bridgehead atoms. The van der Waals surface area contributed by atoms with Crippen LogP contribution in [0.4, 0.5) is 0 Å². The molecule has 0 N–H and O–H groups in total. The Hall–Kier alpha value is -2.43. The summed E-state index contributed by atoms with van der Waals surface area (Å²) in [6.07, 6.45) is 1.79. The lowest BCUT2D eigenvalue weighted by atomic mass is 9.73. The molecule has 1 aliphatic rings. The van der Waals surface area contributed by atoms with Crippen molar-refractivity contribution in [2.75, 3.05) is 13.2 Å². The molecular weight excluding hydrogens is 384 g/mol. The van der Waals surface area contributed by atoms with E-state index in [2.05, 4.69) is 55.0 Å². The highest BCUT2D eigenvalue weighted by atomic mass is 35.5. The Kier molecular flexibility index (Phi) is 5.32. The summed E-state index contributed by atoms with van der Waals surface area (Å²) < 4.78 is 11.5. The van der Waals surface area contributed by atoms with Crippen molar-refractivity contribution in [1.29, 1.82) is 0 Å². The third kappa shape index (κ3) is 4.14. The topological polar surface area (TPSA) is 44.2 Å². The third-order valence-electron chi connectivity index (χ3n) is 5.27. The molecule has 3 aromatic rings. The van der Waals surface area contributed by atoms with Gasteiger partial charge in [-0.3, -0.25) is 0 Å². The van der Waals surface area contributed by atoms with Gasteiger partial charge in [-0.05, 0) is 41.5 Å². The van der Waals surface area contributed by atoms with Gasteiger partial charge in [0.05, 0.1) is 24.3 Å². The number of nitrogens with zero attached hydrogens (tertiary/aromatic N) is 2. The fourth-order valence-electron chi connectivity index (χ4n) is 3.44. The molecule has 150 valence electrons. The van der Waals surface area contributed by atoms with E-state index in [0.29, 0.717) is 19.8 Å². The molecule has 2 heterocycles. The first-order chi connectivity index (χ1) is 13.9. The first-order valence-electron chi connectivity index (χ1n) is 9.76. The lowest BCUT2D eigenvalue weighted by Crippen LogP contribution is -2.47. The van der Waals surface area contributed by atoms with Crippen LogP contribution in [-0.4, -0.2) is 23.2 Å². The highest BCUT2D eigenvalue weighted by molar-refractivity contribution is 6.30. The summed E-state index contributed by atoms with van der Waals surface area (Å²) in [5.74, 6) is 1.64. The largest absolute Gasteiger partial charge is 0.487 e. The summed E-state index contributed by atoms with van der Waals surface area (Å²) in [5.41, 5.74) is 3.11. The van der Waals surface area contributed by atoms with Gasteiger partial charge in [-0.2, -0.15) is 0 Å². The van der Waals surface area contributed by atoms with E-state index in [-0.39, 0.29) is 10.8 Å². The number of hydrogen-bond acceptors (Lipinski definition) is 4. The predicted octanol–water partition coefficient (Wildman–Crippen LogP) is 5.32. The van der Waals surface area contributed by atoms with E-state index >= 15 is 0 Å². The second kappa shape index (κ2) is 7.77. The molecule has 1 aliphatic heterocycles. The average molecular weight is 409 g/mol. The first kappa shape index (κ1) is 19.9. The summed E-state index contributed by atoms with van der Waals surface area (Å²) in [4.78, 5) is 8.99. The van der Waals surface area contributed by atoms with E-state index in [9.17, 15) is 0 Å². The van der Waals surface area contributed by atoms with Crippen LogP contribution in [0, 0.1) is 0 Å². The van der Waals surface area contributed by atoms with Gasteiger partial charge in [-0.15, -0.1) is 0 Å². The molecule has 0 aliphatic carbocycles. The molecule has 0 saturated carbocycles. The molecule has 0 atom stereocenters. The predicted molar refractivity (Wildman–Crippen MR) is 115 cm³/mol. The smallest absolute Gasteiger partial charge is 0.133 e. The molecule has 1 saturated heterocycles. The van der Waals surface area contributed by atoms with E-state index in [0.717, 1.165) is 22.3 Å². The highest BCUT2D eigenvalue weighted by Crippen LogP contribution is 2.40. The monoisotopic (exact) mass is 408 g/mol. The molecule has 1 aromatic heterocycles. The van der Waals surface area contributed by atoms with Gasteiger partial charge in [0.1, 0.15) is 18.2 Å². The zero-order chi connectivity index (χ0) is 20.5. The molecule has 2 aromatic carbocycles. The fourth-order valence-corrected chi connectivity index (χ4v) is 3.57. The summed E-state index contributed by atoms with van der Waals surface area (Å²) in [6, 6.07) is 18.2. The van der Waals surface area contributed by atoms with E-state index in [1.807, 2.05) is 30.3 Å². The van der Waals surface area contributed by atoms with Gasteiger partial charge < -0.3 is 9.47 Å². The van der Waals surface area contributed by atoms with E-state index in [1.54, 1.807) is 6.20 Å². The second-order valence-corrected chi connectivity index (χ2v) is 8.95. The average Bonchev–Trinajstić information content (AvgIpc) is 2.67. The summed E-state index contributed by atoms with van der Waals surface area (Å²) in [6.45, 7) is 8.07. The van der Waals surface area contributed by atoms with Crippen LogP contribution in [0.3, 0.4) is 0 Å². The molecule has 29 heavy (non-hydrogen) atoms. The van der Waals surface area contributed by atoms with Crippen LogP contribution in [-0.2, 0) is 22.2 Å². The van der Waals surface area contributed by atoms with Gasteiger partial charge in [0, 0.05) is 16.6 Å². The third-order valence-corrected chi connectivity index (χ3v) is 5.52. The van der Waals surface area contributed by atoms with Crippen LogP contribution < -0.4 is 4.74 Å². The van der Waals surface area contributed by atoms with Crippen molar-refractivity contribution in [2.45, 2.75) is 38.2 Å². The normalized spacial score (nSPS) is 15.6. The van der Waals surface area contributed by atoms with E-state index in [4.69, 9.17) is 21.1 Å². The zero-order valence-corrected chi connectivity index (χ0v) is 17.7. The number of hydrogen-bond donors (Lipinski definition) is 0. The molecule has 0 unspecified atom stereocenters. The SMILES string of the molecule is CC(C)(C)c1nccc(COc2ccc(C3(c4ccc(Cl)cc4)COC3)cc2)n1. The first-order valence-corrected chi connectivity index (χ1v) is 10.1. The Labute approximate surface area is 176 Å². The molecule has 1 fully saturated rings. The fraction of sp³-hybridized carbons (Fsp3) is 0.333. The van der Waals surface area contributed by atoms with Crippen LogP contribution in [0.25, 0.3) is 0 Å². The maximum Gasteiger partial charge on any atom is 0.133 e. The van der Waals surface area contributed by atoms with Gasteiger partial charge in [-0.1, -0.05) is 56.6 Å². The molecule has 0 radical (unpaired) electrons. The van der Waals surface area contributed by atoms with Crippen LogP contribution in [0.1, 0.15) is 43.4 Å². The molecule has 0 amide bonds. The highest BCUT2D eigenvalue weighted by Gasteiger charge is 2.41. The Morgan fingerprint density at radius 2 is 1.59 bits per heavy atom. The van der Waals surface area contributed by atoms with Gasteiger partial charge in [0.2, 0.25) is 0 Å². The van der Waals surface area contributed by atoms with Crippen molar-refractivity contribution < 1.29 is 9.47 Å². The van der Waals surface area contributed by atoms with Gasteiger partial charge in [0.25, 0.3) is 0 Å². The number of ether oxygens (including phenoxy) is 2. The summed E-state index contributed by atoms with van der Waals surface area (Å²) in [7, 11) is 0. The van der Waals surface area contributed by atoms with Crippen molar-refractivity contribution in [3.05, 3.63) is 88.5 Å². The summed E-state index contributed by atoms with van der Waals surface area (Å²) >= 11 is 6.05. The quantitative estimate of drug-likeness (QED) is 0.572. The molecule has 0 spiro atoms. The van der Waals surface area contributed by atoms with Crippen molar-refractivity contribution >= 4 is 11.6 Å². The molecular formula is C24H25ClN2O2. The number of aromatic nitrogens is 2. The maximum absolute atomic E-state index is 6.05. The second-order valence-electron chi connectivity index (χ2n) is 8.52. The van der Waals surface area contributed by atoms with Crippen molar-refractivity contribution in [3.8, 4) is 5.75 Å². The molecule has 4 rings (SSSR count). The van der Waals surface area contributed by atoms with E-state index in [1.165, 1.54) is 11.1 Å². The van der Waals surface area contributed by atoms with E-state index < -0.39 is 0 Å². The lowest BCUT2D eigenvalue weighted by molar-refractivity contribution is -0.0380. The minimum absolute atomic E-state index is 0.0848. The Morgan fingerprint density at radius 3 is 2.14 bits per heavy atom. The summed E-state index contributed by atoms with van der Waals surface area (Å²) in [5, 5.41) is 0.743. The molecule has 4 nitrogen and oxygen atoms in total. The van der Waals surface area contributed by atoms with Gasteiger partial charge >= 0.3 is 0 Å². The minimum atomic E-state index is -0.114. The number of rotatable bonds is 5. The Balaban J connectivity index is 1.48. The zero-order valence-electron chi connectivity index (χ0n) is 17.0. The number of halogens is 1. The Morgan fingerprint density at radius 1 is 0.966 bits per heavy atom. The van der Waals surface area contributed by atoms with Crippen LogP contribution in [0.15, 0.2) is 60.8 Å². The van der Waals surface area contributed by atoms with Crippen LogP contribution >= 0.6 is 11.6 Å². The van der Waals surface area contributed by atoms with Crippen LogP contribution in [0.5, 0.6) is 5.75 Å². The van der Waals surface area contributed by atoms with Crippen molar-refractivity contribution in [3.63, 3.8) is 0 Å². The lowest BCUT2D eigenvalue weighted by Gasteiger charge is -2.42. The van der Waals surface area contributed by atoms with Gasteiger partial charge in [-0.25, -0.2) is 9.97 Å². The van der Waals surface area contributed by atoms with Crippen LogP contribution in [0.2, 0.25) is 5.02 Å². The van der Waals surface area contributed by atoms with Crippen molar-refractivity contribution in [2.24, 2.45) is 0 Å². The van der Waals surface area contributed by atoms with Crippen molar-refractivity contribution in [1.82, 2.24) is 9.97 Å². The Bertz CT molecular complexity index is 975. The maximum atomic E-state index is 6.05. The standard InChI is InChI=1S/C24H25ClN2O2/c1-23(2,3)22-26-13-12-20(27-22)14-29-21-10-6-18(7-11-21)24(15-28-16-24)17-4-8-19(25)9-5-17/h4-13H,14-16H2,1-3H3.